The van der Waals surface area contributed by atoms with Crippen LogP contribution in [0.5, 0.6) is 0 Å². The van der Waals surface area contributed by atoms with E-state index in [0.717, 1.165) is 25.5 Å². The van der Waals surface area contributed by atoms with E-state index in [-0.39, 0.29) is 0 Å². The van der Waals surface area contributed by atoms with Crippen LogP contribution < -0.4 is 10.2 Å². The Morgan fingerprint density at radius 2 is 2.00 bits per heavy atom. The molecule has 4 nitrogen and oxygen atoms in total. The molecule has 20 heavy (non-hydrogen) atoms. The molecule has 0 amide bonds. The summed E-state index contributed by atoms with van der Waals surface area (Å²) in [6, 6.07) is 5.85. The van der Waals surface area contributed by atoms with Gasteiger partial charge in [-0.15, -0.1) is 0 Å². The Morgan fingerprint density at radius 1 is 1.35 bits per heavy atom. The molecule has 0 spiro atoms. The van der Waals surface area contributed by atoms with Crippen LogP contribution in [0.15, 0.2) is 18.3 Å². The molecule has 1 fully saturated rings. The van der Waals surface area contributed by atoms with Crippen LogP contribution in [0.4, 0.5) is 5.82 Å². The van der Waals surface area contributed by atoms with E-state index in [2.05, 4.69) is 67.0 Å². The molecular weight excluding hydrogens is 248 g/mol. The maximum atomic E-state index is 4.58. The Kier molecular flexibility index (Phi) is 5.00. The van der Waals surface area contributed by atoms with E-state index in [9.17, 15) is 0 Å². The van der Waals surface area contributed by atoms with Crippen LogP contribution in [0.1, 0.15) is 39.3 Å². The first-order valence-electron chi connectivity index (χ1n) is 7.69. The van der Waals surface area contributed by atoms with E-state index in [0.29, 0.717) is 18.1 Å². The second kappa shape index (κ2) is 6.55. The number of pyridine rings is 1. The SMILES string of the molecule is CCNC(C)c1ccnc(N2CC(C)N(C)C(C)C2)c1. The highest BCUT2D eigenvalue weighted by Crippen LogP contribution is 2.22. The first-order valence-corrected chi connectivity index (χ1v) is 7.69. The molecule has 3 unspecified atom stereocenters. The third-order valence-electron chi connectivity index (χ3n) is 4.46. The molecule has 0 aliphatic carbocycles. The van der Waals surface area contributed by atoms with Crippen LogP contribution in [-0.4, -0.2) is 48.6 Å². The van der Waals surface area contributed by atoms with Crippen molar-refractivity contribution >= 4 is 5.82 Å². The topological polar surface area (TPSA) is 31.4 Å². The van der Waals surface area contributed by atoms with Crippen molar-refractivity contribution in [2.45, 2.75) is 45.8 Å². The van der Waals surface area contributed by atoms with Gasteiger partial charge in [-0.05, 0) is 52.1 Å². The number of anilines is 1. The second-order valence-corrected chi connectivity index (χ2v) is 6.00. The van der Waals surface area contributed by atoms with E-state index < -0.39 is 0 Å². The Labute approximate surface area is 123 Å². The van der Waals surface area contributed by atoms with Crippen LogP contribution in [0.3, 0.4) is 0 Å². The lowest BCUT2D eigenvalue weighted by Gasteiger charge is -2.43. The van der Waals surface area contributed by atoms with Gasteiger partial charge in [-0.25, -0.2) is 4.98 Å². The van der Waals surface area contributed by atoms with E-state index in [4.69, 9.17) is 0 Å². The molecule has 1 aliphatic heterocycles. The summed E-state index contributed by atoms with van der Waals surface area (Å²) in [6.07, 6.45) is 1.94. The summed E-state index contributed by atoms with van der Waals surface area (Å²) in [5, 5.41) is 3.46. The van der Waals surface area contributed by atoms with Gasteiger partial charge < -0.3 is 10.2 Å². The lowest BCUT2D eigenvalue weighted by Crippen LogP contribution is -2.55. The molecule has 2 heterocycles. The standard InChI is InChI=1S/C16H28N4/c1-6-17-14(4)15-7-8-18-16(9-15)20-10-12(2)19(5)13(3)11-20/h7-9,12-14,17H,6,10-11H2,1-5H3. The summed E-state index contributed by atoms with van der Waals surface area (Å²) >= 11 is 0. The fourth-order valence-corrected chi connectivity index (χ4v) is 2.89. The average molecular weight is 276 g/mol. The number of hydrogen-bond donors (Lipinski definition) is 1. The largest absolute Gasteiger partial charge is 0.353 e. The molecule has 112 valence electrons. The third kappa shape index (κ3) is 3.30. The maximum absolute atomic E-state index is 4.58. The van der Waals surface area contributed by atoms with Crippen molar-refractivity contribution in [1.82, 2.24) is 15.2 Å². The van der Waals surface area contributed by atoms with Gasteiger partial charge in [0.2, 0.25) is 0 Å². The number of piperazine rings is 1. The fourth-order valence-electron chi connectivity index (χ4n) is 2.89. The molecule has 0 bridgehead atoms. The molecule has 0 saturated carbocycles. The molecule has 1 aliphatic rings. The average Bonchev–Trinajstić information content (AvgIpc) is 2.44. The highest BCUT2D eigenvalue weighted by atomic mass is 15.3. The first kappa shape index (κ1) is 15.3. The normalized spacial score (nSPS) is 25.8. The van der Waals surface area contributed by atoms with E-state index in [1.807, 2.05) is 6.20 Å². The van der Waals surface area contributed by atoms with Crippen LogP contribution in [0.2, 0.25) is 0 Å². The van der Waals surface area contributed by atoms with Gasteiger partial charge in [-0.3, -0.25) is 4.90 Å². The Balaban J connectivity index is 2.14. The number of nitrogens with one attached hydrogen (secondary N) is 1. The number of nitrogens with zero attached hydrogens (tertiary/aromatic N) is 3. The molecule has 1 saturated heterocycles. The highest BCUT2D eigenvalue weighted by Gasteiger charge is 2.27. The van der Waals surface area contributed by atoms with Crippen molar-refractivity contribution in [3.63, 3.8) is 0 Å². The lowest BCUT2D eigenvalue weighted by atomic mass is 10.1. The molecule has 0 radical (unpaired) electrons. The van der Waals surface area contributed by atoms with Crippen molar-refractivity contribution in [2.24, 2.45) is 0 Å². The number of hydrogen-bond acceptors (Lipinski definition) is 4. The van der Waals surface area contributed by atoms with Gasteiger partial charge in [0.1, 0.15) is 5.82 Å². The van der Waals surface area contributed by atoms with E-state index in [1.165, 1.54) is 5.56 Å². The van der Waals surface area contributed by atoms with Crippen molar-refractivity contribution in [3.8, 4) is 0 Å². The van der Waals surface area contributed by atoms with Crippen molar-refractivity contribution in [1.29, 1.82) is 0 Å². The van der Waals surface area contributed by atoms with Crippen LogP contribution >= 0.6 is 0 Å². The lowest BCUT2D eigenvalue weighted by molar-refractivity contribution is 0.169. The summed E-state index contributed by atoms with van der Waals surface area (Å²) in [4.78, 5) is 9.44. The van der Waals surface area contributed by atoms with Gasteiger partial charge in [-0.1, -0.05) is 6.92 Å². The van der Waals surface area contributed by atoms with E-state index >= 15 is 0 Å². The Morgan fingerprint density at radius 3 is 2.60 bits per heavy atom. The molecule has 4 heteroatoms. The second-order valence-electron chi connectivity index (χ2n) is 6.00. The van der Waals surface area contributed by atoms with Gasteiger partial charge in [0.25, 0.3) is 0 Å². The van der Waals surface area contributed by atoms with Crippen LogP contribution in [-0.2, 0) is 0 Å². The molecule has 3 atom stereocenters. The smallest absolute Gasteiger partial charge is 0.128 e. The minimum absolute atomic E-state index is 0.379. The third-order valence-corrected chi connectivity index (χ3v) is 4.46. The van der Waals surface area contributed by atoms with E-state index in [1.54, 1.807) is 0 Å². The first-order chi connectivity index (χ1) is 9.52. The maximum Gasteiger partial charge on any atom is 0.128 e. The van der Waals surface area contributed by atoms with Crippen molar-refractivity contribution in [3.05, 3.63) is 23.9 Å². The molecule has 1 aromatic heterocycles. The minimum atomic E-state index is 0.379. The zero-order valence-corrected chi connectivity index (χ0v) is 13.4. The summed E-state index contributed by atoms with van der Waals surface area (Å²) < 4.78 is 0. The van der Waals surface area contributed by atoms with Crippen LogP contribution in [0, 0.1) is 0 Å². The molecule has 1 aromatic rings. The number of rotatable bonds is 4. The summed E-state index contributed by atoms with van der Waals surface area (Å²) in [5.41, 5.74) is 1.32. The summed E-state index contributed by atoms with van der Waals surface area (Å²) in [6.45, 7) is 12.0. The molecule has 2 rings (SSSR count). The monoisotopic (exact) mass is 276 g/mol. The van der Waals surface area contributed by atoms with Gasteiger partial charge in [0.05, 0.1) is 0 Å². The van der Waals surface area contributed by atoms with Crippen molar-refractivity contribution in [2.75, 3.05) is 31.6 Å². The highest BCUT2D eigenvalue weighted by molar-refractivity contribution is 5.43. The Bertz CT molecular complexity index is 422. The number of aromatic nitrogens is 1. The molecule has 1 N–H and O–H groups in total. The quantitative estimate of drug-likeness (QED) is 0.914. The molecule has 0 aromatic carbocycles. The summed E-state index contributed by atoms with van der Waals surface area (Å²) in [5.74, 6) is 1.11. The molecular formula is C16H28N4. The van der Waals surface area contributed by atoms with Gasteiger partial charge in [0.15, 0.2) is 0 Å². The van der Waals surface area contributed by atoms with Crippen molar-refractivity contribution < 1.29 is 0 Å². The fraction of sp³-hybridized carbons (Fsp3) is 0.688. The Hall–Kier alpha value is -1.13. The zero-order chi connectivity index (χ0) is 14.7. The van der Waals surface area contributed by atoms with Gasteiger partial charge >= 0.3 is 0 Å². The predicted octanol–water partition coefficient (Wildman–Crippen LogP) is 2.28. The van der Waals surface area contributed by atoms with Gasteiger partial charge in [-0.2, -0.15) is 0 Å². The number of likely N-dealkylation sites (N-methyl/N-ethyl adjacent to an activating group) is 1. The predicted molar refractivity (Wildman–Crippen MR) is 85.2 cm³/mol. The van der Waals surface area contributed by atoms with Gasteiger partial charge in [0, 0.05) is 37.4 Å². The minimum Gasteiger partial charge on any atom is -0.353 e. The summed E-state index contributed by atoms with van der Waals surface area (Å²) in [7, 11) is 2.21. The van der Waals surface area contributed by atoms with Crippen LogP contribution in [0.25, 0.3) is 0 Å². The zero-order valence-electron chi connectivity index (χ0n) is 13.4.